The molecule has 3 heteroatoms. The van der Waals surface area contributed by atoms with Gasteiger partial charge in [0.25, 0.3) is 0 Å². The maximum atomic E-state index is 10.7. The molecule has 1 saturated carbocycles. The van der Waals surface area contributed by atoms with Gasteiger partial charge in [0.2, 0.25) is 0 Å². The zero-order valence-corrected chi connectivity index (χ0v) is 12.0. The van der Waals surface area contributed by atoms with E-state index in [-0.39, 0.29) is 0 Å². The molecule has 3 nitrogen and oxygen atoms in total. The van der Waals surface area contributed by atoms with Gasteiger partial charge in [0.1, 0.15) is 5.82 Å². The fourth-order valence-electron chi connectivity index (χ4n) is 2.73. The number of carbonyl (C=O) groups is 1. The highest BCUT2D eigenvalue weighted by Crippen LogP contribution is 2.27. The minimum absolute atomic E-state index is 0.633. The first-order chi connectivity index (χ1) is 9.20. The lowest BCUT2D eigenvalue weighted by molar-refractivity contribution is 0.112. The monoisotopic (exact) mass is 260 g/mol. The Kier molecular flexibility index (Phi) is 4.94. The maximum absolute atomic E-state index is 10.7. The van der Waals surface area contributed by atoms with E-state index >= 15 is 0 Å². The van der Waals surface area contributed by atoms with Gasteiger partial charge in [-0.3, -0.25) is 4.79 Å². The van der Waals surface area contributed by atoms with Gasteiger partial charge >= 0.3 is 0 Å². The van der Waals surface area contributed by atoms with E-state index in [9.17, 15) is 4.79 Å². The molecule has 104 valence electrons. The molecule has 1 aromatic rings. The first-order valence-electron chi connectivity index (χ1n) is 7.38. The molecule has 1 aliphatic carbocycles. The van der Waals surface area contributed by atoms with Gasteiger partial charge in [0.15, 0.2) is 6.29 Å². The van der Waals surface area contributed by atoms with Crippen molar-refractivity contribution in [3.8, 4) is 0 Å². The number of aromatic nitrogens is 1. The van der Waals surface area contributed by atoms with E-state index in [1.54, 1.807) is 6.20 Å². The van der Waals surface area contributed by atoms with Crippen molar-refractivity contribution in [2.24, 2.45) is 5.92 Å². The van der Waals surface area contributed by atoms with E-state index in [1.807, 2.05) is 12.1 Å². The van der Waals surface area contributed by atoms with Crippen molar-refractivity contribution in [2.75, 3.05) is 11.4 Å². The second-order valence-electron chi connectivity index (χ2n) is 5.88. The predicted molar refractivity (Wildman–Crippen MR) is 78.7 cm³/mol. The van der Waals surface area contributed by atoms with E-state index in [0.717, 1.165) is 18.6 Å². The number of pyridine rings is 1. The van der Waals surface area contributed by atoms with Gasteiger partial charge in [0.05, 0.1) is 0 Å². The summed E-state index contributed by atoms with van der Waals surface area (Å²) < 4.78 is 0. The Labute approximate surface area is 116 Å². The van der Waals surface area contributed by atoms with Crippen LogP contribution in [0, 0.1) is 5.92 Å². The number of hydrogen-bond acceptors (Lipinski definition) is 3. The standard InChI is InChI=1S/C16H24N2O/c1-13(2)9-10-18(15-5-3-4-6-15)16-8-7-14(12-19)11-17-16/h7-8,11-13,15H,3-6,9-10H2,1-2H3. The van der Waals surface area contributed by atoms with Gasteiger partial charge < -0.3 is 4.90 Å². The molecule has 0 N–H and O–H groups in total. The van der Waals surface area contributed by atoms with Crippen molar-refractivity contribution < 1.29 is 4.79 Å². The Morgan fingerprint density at radius 2 is 2.11 bits per heavy atom. The van der Waals surface area contributed by atoms with Gasteiger partial charge in [-0.15, -0.1) is 0 Å². The van der Waals surface area contributed by atoms with E-state index in [4.69, 9.17) is 0 Å². The molecule has 0 saturated heterocycles. The normalized spacial score (nSPS) is 15.9. The highest BCUT2D eigenvalue weighted by molar-refractivity contribution is 5.74. The van der Waals surface area contributed by atoms with Crippen LogP contribution in [-0.4, -0.2) is 23.9 Å². The lowest BCUT2D eigenvalue weighted by atomic mass is 10.1. The fraction of sp³-hybridized carbons (Fsp3) is 0.625. The first-order valence-corrected chi connectivity index (χ1v) is 7.38. The van der Waals surface area contributed by atoms with Crippen LogP contribution in [-0.2, 0) is 0 Å². The summed E-state index contributed by atoms with van der Waals surface area (Å²) in [4.78, 5) is 17.6. The molecule has 1 aromatic heterocycles. The third kappa shape index (κ3) is 3.79. The van der Waals surface area contributed by atoms with E-state index in [1.165, 1.54) is 32.1 Å². The molecule has 2 rings (SSSR count). The number of anilines is 1. The van der Waals surface area contributed by atoms with Crippen molar-refractivity contribution in [2.45, 2.75) is 52.0 Å². The van der Waals surface area contributed by atoms with E-state index in [2.05, 4.69) is 23.7 Å². The van der Waals surface area contributed by atoms with Crippen LogP contribution >= 0.6 is 0 Å². The third-order valence-corrected chi connectivity index (χ3v) is 3.91. The van der Waals surface area contributed by atoms with E-state index < -0.39 is 0 Å². The zero-order chi connectivity index (χ0) is 13.7. The molecule has 19 heavy (non-hydrogen) atoms. The minimum Gasteiger partial charge on any atom is -0.354 e. The lowest BCUT2D eigenvalue weighted by Crippen LogP contribution is -2.35. The quantitative estimate of drug-likeness (QED) is 0.731. The Hall–Kier alpha value is -1.38. The molecule has 0 spiro atoms. The Morgan fingerprint density at radius 3 is 2.63 bits per heavy atom. The number of nitrogens with zero attached hydrogens (tertiary/aromatic N) is 2. The molecule has 1 aliphatic rings. The number of carbonyl (C=O) groups excluding carboxylic acids is 1. The topological polar surface area (TPSA) is 33.2 Å². The highest BCUT2D eigenvalue weighted by Gasteiger charge is 2.23. The molecule has 0 unspecified atom stereocenters. The van der Waals surface area contributed by atoms with Crippen LogP contribution in [0.2, 0.25) is 0 Å². The first kappa shape index (κ1) is 14.0. The van der Waals surface area contributed by atoms with Crippen LogP contribution < -0.4 is 4.90 Å². The van der Waals surface area contributed by atoms with Crippen LogP contribution in [0.3, 0.4) is 0 Å². The Bertz CT molecular complexity index is 394. The van der Waals surface area contributed by atoms with Crippen molar-refractivity contribution in [3.63, 3.8) is 0 Å². The second-order valence-corrected chi connectivity index (χ2v) is 5.88. The SMILES string of the molecule is CC(C)CCN(c1ccc(C=O)cn1)C1CCCC1. The molecule has 1 heterocycles. The van der Waals surface area contributed by atoms with Crippen molar-refractivity contribution in [1.29, 1.82) is 0 Å². The van der Waals surface area contributed by atoms with Gasteiger partial charge in [-0.05, 0) is 37.3 Å². The summed E-state index contributed by atoms with van der Waals surface area (Å²) in [6.45, 7) is 5.58. The predicted octanol–water partition coefficient (Wildman–Crippen LogP) is 3.69. The lowest BCUT2D eigenvalue weighted by Gasteiger charge is -2.30. The molecule has 1 fully saturated rings. The number of rotatable bonds is 6. The molecule has 0 amide bonds. The van der Waals surface area contributed by atoms with Crippen molar-refractivity contribution in [3.05, 3.63) is 23.9 Å². The Morgan fingerprint density at radius 1 is 1.37 bits per heavy atom. The van der Waals surface area contributed by atoms with Gasteiger partial charge in [-0.1, -0.05) is 26.7 Å². The largest absolute Gasteiger partial charge is 0.354 e. The summed E-state index contributed by atoms with van der Waals surface area (Å²) in [7, 11) is 0. The third-order valence-electron chi connectivity index (χ3n) is 3.91. The molecule has 0 aliphatic heterocycles. The summed E-state index contributed by atoms with van der Waals surface area (Å²) >= 11 is 0. The molecule has 0 atom stereocenters. The average molecular weight is 260 g/mol. The summed E-state index contributed by atoms with van der Waals surface area (Å²) in [5.41, 5.74) is 0.652. The molecular weight excluding hydrogens is 236 g/mol. The number of aldehydes is 1. The average Bonchev–Trinajstić information content (AvgIpc) is 2.93. The van der Waals surface area contributed by atoms with Crippen LogP contribution in [0.25, 0.3) is 0 Å². The highest BCUT2D eigenvalue weighted by atomic mass is 16.1. The second kappa shape index (κ2) is 6.69. The van der Waals surface area contributed by atoms with Gasteiger partial charge in [0, 0.05) is 24.3 Å². The number of hydrogen-bond donors (Lipinski definition) is 0. The van der Waals surface area contributed by atoms with Crippen LogP contribution in [0.1, 0.15) is 56.3 Å². The Balaban J connectivity index is 2.11. The van der Waals surface area contributed by atoms with Gasteiger partial charge in [-0.2, -0.15) is 0 Å². The van der Waals surface area contributed by atoms with Crippen molar-refractivity contribution in [1.82, 2.24) is 4.98 Å². The summed E-state index contributed by atoms with van der Waals surface area (Å²) in [6.07, 6.45) is 8.92. The summed E-state index contributed by atoms with van der Waals surface area (Å²) in [5, 5.41) is 0. The molecular formula is C16H24N2O. The minimum atomic E-state index is 0.633. The zero-order valence-electron chi connectivity index (χ0n) is 12.0. The van der Waals surface area contributed by atoms with Crippen LogP contribution in [0.4, 0.5) is 5.82 Å². The van der Waals surface area contributed by atoms with Crippen LogP contribution in [0.15, 0.2) is 18.3 Å². The van der Waals surface area contributed by atoms with E-state index in [0.29, 0.717) is 17.5 Å². The maximum Gasteiger partial charge on any atom is 0.151 e. The van der Waals surface area contributed by atoms with Crippen molar-refractivity contribution >= 4 is 12.1 Å². The summed E-state index contributed by atoms with van der Waals surface area (Å²) in [5.74, 6) is 1.73. The van der Waals surface area contributed by atoms with Crippen LogP contribution in [0.5, 0.6) is 0 Å². The molecule has 0 aromatic carbocycles. The fourth-order valence-corrected chi connectivity index (χ4v) is 2.73. The molecule has 0 radical (unpaired) electrons. The molecule has 0 bridgehead atoms. The summed E-state index contributed by atoms with van der Waals surface area (Å²) in [6, 6.07) is 4.49. The smallest absolute Gasteiger partial charge is 0.151 e. The van der Waals surface area contributed by atoms with Gasteiger partial charge in [-0.25, -0.2) is 4.98 Å².